The van der Waals surface area contributed by atoms with Crippen LogP contribution >= 0.6 is 0 Å². The van der Waals surface area contributed by atoms with Crippen LogP contribution in [0.4, 0.5) is 5.82 Å². The van der Waals surface area contributed by atoms with E-state index in [0.29, 0.717) is 5.82 Å². The van der Waals surface area contributed by atoms with E-state index < -0.39 is 5.97 Å². The normalized spacial score (nSPS) is 15.3. The van der Waals surface area contributed by atoms with Gasteiger partial charge in [-0.25, -0.2) is 9.97 Å². The standard InChI is InChI=1S/C16H20N4O2/c1-19(11-15(21)22)16-12-6-2-3-7-13(12)17-14(18-16)10-20-8-4-5-9-20/h2-3,6-7H,4-5,8-11H2,1H3,(H,21,22). The van der Waals surface area contributed by atoms with Crippen molar-refractivity contribution in [3.63, 3.8) is 0 Å². The molecule has 0 radical (unpaired) electrons. The first-order chi connectivity index (χ1) is 10.6. The van der Waals surface area contributed by atoms with E-state index >= 15 is 0 Å². The molecule has 3 rings (SSSR count). The van der Waals surface area contributed by atoms with Gasteiger partial charge in [0.2, 0.25) is 0 Å². The molecule has 0 spiro atoms. The molecule has 2 aromatic rings. The van der Waals surface area contributed by atoms with Crippen LogP contribution in [-0.2, 0) is 11.3 Å². The molecule has 1 aliphatic rings. The van der Waals surface area contributed by atoms with E-state index in [2.05, 4.69) is 14.9 Å². The topological polar surface area (TPSA) is 69.6 Å². The monoisotopic (exact) mass is 300 g/mol. The molecular weight excluding hydrogens is 280 g/mol. The summed E-state index contributed by atoms with van der Waals surface area (Å²) in [7, 11) is 1.75. The maximum absolute atomic E-state index is 11.0. The van der Waals surface area contributed by atoms with Gasteiger partial charge in [0, 0.05) is 12.4 Å². The lowest BCUT2D eigenvalue weighted by molar-refractivity contribution is -0.135. The fraction of sp³-hybridized carbons (Fsp3) is 0.438. The van der Waals surface area contributed by atoms with Gasteiger partial charge >= 0.3 is 5.97 Å². The van der Waals surface area contributed by atoms with Gasteiger partial charge in [-0.15, -0.1) is 0 Å². The predicted molar refractivity (Wildman–Crippen MR) is 85.0 cm³/mol. The van der Waals surface area contributed by atoms with Crippen LogP contribution in [0.3, 0.4) is 0 Å². The number of rotatable bonds is 5. The number of aliphatic carboxylic acids is 1. The van der Waals surface area contributed by atoms with Crippen molar-refractivity contribution < 1.29 is 9.90 Å². The molecule has 6 nitrogen and oxygen atoms in total. The van der Waals surface area contributed by atoms with Crippen LogP contribution in [0.15, 0.2) is 24.3 Å². The maximum atomic E-state index is 11.0. The number of nitrogens with zero attached hydrogens (tertiary/aromatic N) is 4. The van der Waals surface area contributed by atoms with E-state index in [9.17, 15) is 4.79 Å². The van der Waals surface area contributed by atoms with Crippen LogP contribution in [0.1, 0.15) is 18.7 Å². The summed E-state index contributed by atoms with van der Waals surface area (Å²) >= 11 is 0. The van der Waals surface area contributed by atoms with Crippen molar-refractivity contribution in [1.82, 2.24) is 14.9 Å². The number of carboxylic acid groups (broad SMARTS) is 1. The van der Waals surface area contributed by atoms with Crippen molar-refractivity contribution >= 4 is 22.7 Å². The second-order valence-electron chi connectivity index (χ2n) is 5.71. The van der Waals surface area contributed by atoms with Crippen LogP contribution in [0.2, 0.25) is 0 Å². The minimum atomic E-state index is -0.869. The predicted octanol–water partition coefficient (Wildman–Crippen LogP) is 1.75. The van der Waals surface area contributed by atoms with Crippen LogP contribution in [0.25, 0.3) is 10.9 Å². The van der Waals surface area contributed by atoms with Gasteiger partial charge in [-0.2, -0.15) is 0 Å². The molecular formula is C16H20N4O2. The lowest BCUT2D eigenvalue weighted by Crippen LogP contribution is -2.27. The number of hydrogen-bond donors (Lipinski definition) is 1. The van der Waals surface area contributed by atoms with Gasteiger partial charge in [0.1, 0.15) is 18.2 Å². The Morgan fingerprint density at radius 1 is 1.27 bits per heavy atom. The van der Waals surface area contributed by atoms with E-state index in [1.807, 2.05) is 24.3 Å². The van der Waals surface area contributed by atoms with Gasteiger partial charge in [-0.1, -0.05) is 12.1 Å². The molecule has 1 fully saturated rings. The van der Waals surface area contributed by atoms with E-state index in [0.717, 1.165) is 36.4 Å². The molecule has 0 bridgehead atoms. The zero-order valence-corrected chi connectivity index (χ0v) is 12.7. The Hall–Kier alpha value is -2.21. The number of carbonyl (C=O) groups is 1. The number of benzene rings is 1. The fourth-order valence-corrected chi connectivity index (χ4v) is 2.89. The first kappa shape index (κ1) is 14.7. The second kappa shape index (κ2) is 6.27. The summed E-state index contributed by atoms with van der Waals surface area (Å²) in [6.45, 7) is 2.80. The number of aromatic nitrogens is 2. The molecule has 0 aliphatic carbocycles. The number of anilines is 1. The highest BCUT2D eigenvalue weighted by atomic mass is 16.4. The minimum Gasteiger partial charge on any atom is -0.480 e. The average molecular weight is 300 g/mol. The smallest absolute Gasteiger partial charge is 0.323 e. The van der Waals surface area contributed by atoms with Gasteiger partial charge in [0.15, 0.2) is 0 Å². The molecule has 0 amide bonds. The van der Waals surface area contributed by atoms with E-state index in [4.69, 9.17) is 5.11 Å². The van der Waals surface area contributed by atoms with Crippen LogP contribution in [-0.4, -0.2) is 52.6 Å². The number of likely N-dealkylation sites (N-methyl/N-ethyl adjacent to an activating group) is 1. The Morgan fingerprint density at radius 2 is 2.00 bits per heavy atom. The van der Waals surface area contributed by atoms with Gasteiger partial charge in [-0.3, -0.25) is 9.69 Å². The summed E-state index contributed by atoms with van der Waals surface area (Å²) in [5, 5.41) is 9.91. The summed E-state index contributed by atoms with van der Waals surface area (Å²) in [5.41, 5.74) is 0.860. The summed E-state index contributed by atoms with van der Waals surface area (Å²) < 4.78 is 0. The maximum Gasteiger partial charge on any atom is 0.323 e. The fourth-order valence-electron chi connectivity index (χ4n) is 2.89. The Balaban J connectivity index is 1.97. The Labute approximate surface area is 129 Å². The van der Waals surface area contributed by atoms with Crippen molar-refractivity contribution in [3.8, 4) is 0 Å². The lowest BCUT2D eigenvalue weighted by atomic mass is 10.2. The van der Waals surface area contributed by atoms with Crippen molar-refractivity contribution in [2.45, 2.75) is 19.4 Å². The summed E-state index contributed by atoms with van der Waals surface area (Å²) in [4.78, 5) is 24.3. The third-order valence-electron chi connectivity index (χ3n) is 3.93. The molecule has 6 heteroatoms. The van der Waals surface area contributed by atoms with Crippen LogP contribution < -0.4 is 4.90 Å². The van der Waals surface area contributed by atoms with Crippen molar-refractivity contribution in [2.24, 2.45) is 0 Å². The van der Waals surface area contributed by atoms with Crippen molar-refractivity contribution in [2.75, 3.05) is 31.6 Å². The zero-order chi connectivity index (χ0) is 15.5. The highest BCUT2D eigenvalue weighted by molar-refractivity contribution is 5.90. The number of hydrogen-bond acceptors (Lipinski definition) is 5. The molecule has 0 saturated carbocycles. The molecule has 0 unspecified atom stereocenters. The second-order valence-corrected chi connectivity index (χ2v) is 5.71. The third kappa shape index (κ3) is 3.17. The van der Waals surface area contributed by atoms with Gasteiger partial charge in [0.25, 0.3) is 0 Å². The highest BCUT2D eigenvalue weighted by Crippen LogP contribution is 2.23. The number of carboxylic acids is 1. The summed E-state index contributed by atoms with van der Waals surface area (Å²) in [6, 6.07) is 7.74. The Bertz CT molecular complexity index is 683. The lowest BCUT2D eigenvalue weighted by Gasteiger charge is -2.20. The molecule has 1 aromatic heterocycles. The summed E-state index contributed by atoms with van der Waals surface area (Å²) in [6.07, 6.45) is 2.44. The minimum absolute atomic E-state index is 0.0792. The molecule has 1 N–H and O–H groups in total. The molecule has 1 aliphatic heterocycles. The van der Waals surface area contributed by atoms with Crippen molar-refractivity contribution in [1.29, 1.82) is 0 Å². The van der Waals surface area contributed by atoms with Gasteiger partial charge in [-0.05, 0) is 38.1 Å². The largest absolute Gasteiger partial charge is 0.480 e. The summed E-state index contributed by atoms with van der Waals surface area (Å²) in [5.74, 6) is 0.571. The van der Waals surface area contributed by atoms with E-state index in [-0.39, 0.29) is 6.54 Å². The number of fused-ring (bicyclic) bond motifs is 1. The highest BCUT2D eigenvalue weighted by Gasteiger charge is 2.17. The Morgan fingerprint density at radius 3 is 2.73 bits per heavy atom. The van der Waals surface area contributed by atoms with Crippen LogP contribution in [0.5, 0.6) is 0 Å². The third-order valence-corrected chi connectivity index (χ3v) is 3.93. The quantitative estimate of drug-likeness (QED) is 0.907. The first-order valence-corrected chi connectivity index (χ1v) is 7.54. The molecule has 22 heavy (non-hydrogen) atoms. The van der Waals surface area contributed by atoms with Crippen LogP contribution in [0, 0.1) is 0 Å². The van der Waals surface area contributed by atoms with Crippen molar-refractivity contribution in [3.05, 3.63) is 30.1 Å². The molecule has 116 valence electrons. The molecule has 1 aromatic carbocycles. The average Bonchev–Trinajstić information content (AvgIpc) is 2.98. The molecule has 1 saturated heterocycles. The van der Waals surface area contributed by atoms with Gasteiger partial charge in [0.05, 0.1) is 12.1 Å². The van der Waals surface area contributed by atoms with Gasteiger partial charge < -0.3 is 10.0 Å². The number of likely N-dealkylation sites (tertiary alicyclic amines) is 1. The number of para-hydroxylation sites is 1. The zero-order valence-electron chi connectivity index (χ0n) is 12.7. The Kier molecular flexibility index (Phi) is 4.20. The molecule has 0 atom stereocenters. The SMILES string of the molecule is CN(CC(=O)O)c1nc(CN2CCCC2)nc2ccccc12. The van der Waals surface area contributed by atoms with E-state index in [1.165, 1.54) is 12.8 Å². The molecule has 2 heterocycles. The van der Waals surface area contributed by atoms with E-state index in [1.54, 1.807) is 11.9 Å². The first-order valence-electron chi connectivity index (χ1n) is 7.54.